The molecule has 4 fully saturated rings. The molecular weight excluding hydrogens is 278 g/mol. The van der Waals surface area contributed by atoms with Crippen LogP contribution in [-0.2, 0) is 20.0 Å². The smallest absolute Gasteiger partial charge is 0.231 e. The molecule has 116 valence electrons. The predicted octanol–water partition coefficient (Wildman–Crippen LogP) is 2.20. The zero-order valence-corrected chi connectivity index (χ0v) is 12.8. The van der Waals surface area contributed by atoms with Crippen LogP contribution in [0.3, 0.4) is 0 Å². The molecule has 0 aliphatic carbocycles. The molecule has 0 saturated carbocycles. The first-order valence-electron chi connectivity index (χ1n) is 8.40. The normalized spacial score (nSPS) is 42.6. The summed E-state index contributed by atoms with van der Waals surface area (Å²) in [5.74, 6) is 0.400. The molecule has 0 N–H and O–H groups in total. The summed E-state index contributed by atoms with van der Waals surface area (Å²) < 4.78 is 12.5. The second-order valence-electron chi connectivity index (χ2n) is 7.10. The highest BCUT2D eigenvalue weighted by Gasteiger charge is 2.70. The lowest BCUT2D eigenvalue weighted by molar-refractivity contribution is -0.209. The van der Waals surface area contributed by atoms with Gasteiger partial charge >= 0.3 is 0 Å². The molecule has 22 heavy (non-hydrogen) atoms. The van der Waals surface area contributed by atoms with Crippen LogP contribution in [0.25, 0.3) is 0 Å². The summed E-state index contributed by atoms with van der Waals surface area (Å²) in [6.45, 7) is 3.61. The van der Waals surface area contributed by atoms with E-state index in [-0.39, 0.29) is 30.0 Å². The van der Waals surface area contributed by atoms with Crippen molar-refractivity contribution in [3.63, 3.8) is 0 Å². The number of aryl methyl sites for hydroxylation is 1. The van der Waals surface area contributed by atoms with E-state index in [1.165, 1.54) is 5.56 Å². The Labute approximate surface area is 130 Å². The number of amides is 1. The highest BCUT2D eigenvalue weighted by Crippen LogP contribution is 2.60. The molecule has 4 saturated heterocycles. The Kier molecular flexibility index (Phi) is 2.57. The Morgan fingerprint density at radius 1 is 1.18 bits per heavy atom. The number of carbonyl (C=O) groups is 1. The van der Waals surface area contributed by atoms with Gasteiger partial charge in [0, 0.05) is 12.1 Å². The van der Waals surface area contributed by atoms with E-state index >= 15 is 0 Å². The van der Waals surface area contributed by atoms with Gasteiger partial charge < -0.3 is 14.4 Å². The maximum Gasteiger partial charge on any atom is 0.231 e. The fourth-order valence-corrected chi connectivity index (χ4v) is 5.14. The number of hydrogen-bond acceptors (Lipinski definition) is 3. The average molecular weight is 299 g/mol. The lowest BCUT2D eigenvalue weighted by atomic mass is 9.74. The highest BCUT2D eigenvalue weighted by atomic mass is 16.5. The van der Waals surface area contributed by atoms with Crippen LogP contribution < -0.4 is 0 Å². The lowest BCUT2D eigenvalue weighted by Gasteiger charge is -2.46. The molecule has 1 aromatic rings. The number of rotatable bonds is 1. The molecule has 5 rings (SSSR count). The van der Waals surface area contributed by atoms with Gasteiger partial charge in [-0.05, 0) is 26.2 Å². The quantitative estimate of drug-likeness (QED) is 0.798. The van der Waals surface area contributed by atoms with E-state index in [2.05, 4.69) is 31.2 Å². The zero-order chi connectivity index (χ0) is 14.9. The van der Waals surface area contributed by atoms with Gasteiger partial charge in [-0.15, -0.1) is 0 Å². The molecule has 1 amide bonds. The van der Waals surface area contributed by atoms with Crippen molar-refractivity contribution in [1.29, 1.82) is 0 Å². The fraction of sp³-hybridized carbons (Fsp3) is 0.611. The van der Waals surface area contributed by atoms with Crippen molar-refractivity contribution in [2.24, 2.45) is 11.8 Å². The third kappa shape index (κ3) is 1.43. The van der Waals surface area contributed by atoms with E-state index < -0.39 is 5.72 Å². The minimum Gasteiger partial charge on any atom is -0.374 e. The zero-order valence-electron chi connectivity index (χ0n) is 12.8. The lowest BCUT2D eigenvalue weighted by Crippen LogP contribution is -2.54. The largest absolute Gasteiger partial charge is 0.374 e. The van der Waals surface area contributed by atoms with Crippen LogP contribution >= 0.6 is 0 Å². The molecule has 0 aromatic heterocycles. The van der Waals surface area contributed by atoms with Crippen molar-refractivity contribution in [1.82, 2.24) is 4.90 Å². The van der Waals surface area contributed by atoms with Crippen LogP contribution in [0.4, 0.5) is 0 Å². The Morgan fingerprint density at radius 2 is 1.95 bits per heavy atom. The molecule has 4 nitrogen and oxygen atoms in total. The Bertz CT molecular complexity index is 628. The summed E-state index contributed by atoms with van der Waals surface area (Å²) in [6, 6.07) is 8.50. The summed E-state index contributed by atoms with van der Waals surface area (Å²) in [6.07, 6.45) is 3.29. The van der Waals surface area contributed by atoms with Crippen molar-refractivity contribution < 1.29 is 14.3 Å². The van der Waals surface area contributed by atoms with Gasteiger partial charge in [-0.25, -0.2) is 0 Å². The van der Waals surface area contributed by atoms with E-state index in [1.54, 1.807) is 0 Å². The molecule has 0 spiro atoms. The Balaban J connectivity index is 1.69. The van der Waals surface area contributed by atoms with Gasteiger partial charge in [0.2, 0.25) is 5.91 Å². The van der Waals surface area contributed by atoms with Gasteiger partial charge in [-0.2, -0.15) is 0 Å². The van der Waals surface area contributed by atoms with Gasteiger partial charge in [-0.3, -0.25) is 4.79 Å². The first-order valence-corrected chi connectivity index (χ1v) is 8.40. The third-order valence-corrected chi connectivity index (χ3v) is 5.99. The Morgan fingerprint density at radius 3 is 2.77 bits per heavy atom. The van der Waals surface area contributed by atoms with E-state index in [1.807, 2.05) is 4.90 Å². The van der Waals surface area contributed by atoms with E-state index in [9.17, 15) is 4.79 Å². The molecule has 0 radical (unpaired) electrons. The van der Waals surface area contributed by atoms with Crippen molar-refractivity contribution in [3.8, 4) is 0 Å². The molecule has 4 heterocycles. The third-order valence-electron chi connectivity index (χ3n) is 5.99. The van der Waals surface area contributed by atoms with Crippen LogP contribution in [0.5, 0.6) is 0 Å². The van der Waals surface area contributed by atoms with Gasteiger partial charge in [0.1, 0.15) is 0 Å². The van der Waals surface area contributed by atoms with Crippen LogP contribution in [0.15, 0.2) is 24.3 Å². The number of ether oxygens (including phenoxy) is 2. The molecule has 4 heteroatoms. The topological polar surface area (TPSA) is 38.8 Å². The van der Waals surface area contributed by atoms with Crippen molar-refractivity contribution in [2.75, 3.05) is 13.2 Å². The minimum absolute atomic E-state index is 0.00171. The van der Waals surface area contributed by atoms with E-state index in [0.29, 0.717) is 0 Å². The number of hydrogen-bond donors (Lipinski definition) is 0. The molecule has 2 bridgehead atoms. The first kappa shape index (κ1) is 13.1. The summed E-state index contributed by atoms with van der Waals surface area (Å²) in [4.78, 5) is 15.0. The number of carbonyl (C=O) groups excluding carboxylic acids is 1. The highest BCUT2D eigenvalue weighted by molar-refractivity contribution is 5.84. The second kappa shape index (κ2) is 4.33. The molecular formula is C18H21NO3. The minimum atomic E-state index is -0.590. The standard InChI is InChI=1S/C18H21NO3/c1-11-3-5-12(6-4-11)18-16-14-8-7-13(22-14)15(16)17(20)19(18)9-2-10-21-18/h3-6,13-16H,2,7-10H2,1H3/t13-,14+,15-,16+,18?/m1/s1. The monoisotopic (exact) mass is 299 g/mol. The van der Waals surface area contributed by atoms with Crippen molar-refractivity contribution in [3.05, 3.63) is 35.4 Å². The maximum atomic E-state index is 13.0. The molecule has 4 aliphatic heterocycles. The second-order valence-corrected chi connectivity index (χ2v) is 7.10. The maximum absolute atomic E-state index is 13.0. The van der Waals surface area contributed by atoms with Crippen LogP contribution in [0, 0.1) is 18.8 Å². The molecule has 1 aromatic carbocycles. The summed E-state index contributed by atoms with van der Waals surface area (Å²) in [5, 5.41) is 0. The SMILES string of the molecule is Cc1ccc(C23OCCCN2C(=O)[C@H]2[C@@H]3[C@@H]3CC[C@H]2O3)cc1. The van der Waals surface area contributed by atoms with E-state index in [4.69, 9.17) is 9.47 Å². The van der Waals surface area contributed by atoms with Gasteiger partial charge in [-0.1, -0.05) is 29.8 Å². The Hall–Kier alpha value is -1.39. The molecule has 5 atom stereocenters. The van der Waals surface area contributed by atoms with Crippen molar-refractivity contribution >= 4 is 5.91 Å². The average Bonchev–Trinajstić information content (AvgIpc) is 3.21. The first-order chi connectivity index (χ1) is 10.7. The van der Waals surface area contributed by atoms with Crippen LogP contribution in [0.2, 0.25) is 0 Å². The van der Waals surface area contributed by atoms with Gasteiger partial charge in [0.05, 0.1) is 30.7 Å². The molecule has 1 unspecified atom stereocenters. The fourth-order valence-electron chi connectivity index (χ4n) is 5.14. The number of fused-ring (bicyclic) bond motifs is 7. The number of nitrogens with zero attached hydrogens (tertiary/aromatic N) is 1. The van der Waals surface area contributed by atoms with Crippen LogP contribution in [-0.4, -0.2) is 36.2 Å². The van der Waals surface area contributed by atoms with Crippen LogP contribution in [0.1, 0.15) is 30.4 Å². The van der Waals surface area contributed by atoms with Gasteiger partial charge in [0.25, 0.3) is 0 Å². The van der Waals surface area contributed by atoms with Gasteiger partial charge in [0.15, 0.2) is 5.72 Å². The number of benzene rings is 1. The molecule has 4 aliphatic rings. The summed E-state index contributed by atoms with van der Waals surface area (Å²) in [5.41, 5.74) is 1.76. The summed E-state index contributed by atoms with van der Waals surface area (Å²) in [7, 11) is 0. The van der Waals surface area contributed by atoms with Crippen molar-refractivity contribution in [2.45, 2.75) is 44.1 Å². The van der Waals surface area contributed by atoms with E-state index in [0.717, 1.165) is 38.0 Å². The summed E-state index contributed by atoms with van der Waals surface area (Å²) >= 11 is 0. The predicted molar refractivity (Wildman–Crippen MR) is 80.0 cm³/mol.